The third-order valence-corrected chi connectivity index (χ3v) is 3.54. The van der Waals surface area contributed by atoms with Crippen molar-refractivity contribution in [1.29, 1.82) is 0 Å². The van der Waals surface area contributed by atoms with E-state index in [2.05, 4.69) is 29.5 Å². The highest BCUT2D eigenvalue weighted by Gasteiger charge is 2.25. The second kappa shape index (κ2) is 6.28. The number of amides is 1. The highest BCUT2D eigenvalue weighted by molar-refractivity contribution is 8.13. The van der Waals surface area contributed by atoms with Crippen molar-refractivity contribution in [3.8, 4) is 0 Å². The van der Waals surface area contributed by atoms with Crippen LogP contribution >= 0.6 is 11.8 Å². The van der Waals surface area contributed by atoms with Gasteiger partial charge in [-0.2, -0.15) is 0 Å². The SMILES string of the molecule is CCCNC(=O)C(C)N=C1NC(C)(C)CCS1. The van der Waals surface area contributed by atoms with Gasteiger partial charge in [0.2, 0.25) is 5.91 Å². The Morgan fingerprint density at radius 1 is 1.65 bits per heavy atom. The molecule has 0 bridgehead atoms. The first-order chi connectivity index (χ1) is 7.94. The summed E-state index contributed by atoms with van der Waals surface area (Å²) in [6, 6.07) is -0.314. The summed E-state index contributed by atoms with van der Waals surface area (Å²) >= 11 is 1.69. The molecule has 4 nitrogen and oxygen atoms in total. The summed E-state index contributed by atoms with van der Waals surface area (Å²) < 4.78 is 0. The van der Waals surface area contributed by atoms with Crippen molar-refractivity contribution < 1.29 is 4.79 Å². The van der Waals surface area contributed by atoms with Gasteiger partial charge in [-0.05, 0) is 33.6 Å². The smallest absolute Gasteiger partial charge is 0.244 e. The van der Waals surface area contributed by atoms with Crippen LogP contribution in [0.15, 0.2) is 4.99 Å². The van der Waals surface area contributed by atoms with Gasteiger partial charge in [-0.3, -0.25) is 4.79 Å². The molecule has 0 aromatic heterocycles. The molecule has 1 amide bonds. The van der Waals surface area contributed by atoms with E-state index in [1.807, 2.05) is 13.8 Å². The van der Waals surface area contributed by atoms with Crippen molar-refractivity contribution in [3.63, 3.8) is 0 Å². The van der Waals surface area contributed by atoms with Gasteiger partial charge in [0.15, 0.2) is 5.17 Å². The minimum absolute atomic E-state index is 0.00475. The van der Waals surface area contributed by atoms with Crippen molar-refractivity contribution in [3.05, 3.63) is 0 Å². The molecule has 5 heteroatoms. The number of nitrogens with zero attached hydrogens (tertiary/aromatic N) is 1. The van der Waals surface area contributed by atoms with Crippen LogP contribution < -0.4 is 10.6 Å². The second-order valence-electron chi connectivity index (χ2n) is 5.01. The third kappa shape index (κ3) is 4.98. The van der Waals surface area contributed by atoms with Gasteiger partial charge in [0.25, 0.3) is 0 Å². The van der Waals surface area contributed by atoms with E-state index >= 15 is 0 Å². The fourth-order valence-electron chi connectivity index (χ4n) is 1.49. The molecule has 0 saturated carbocycles. The van der Waals surface area contributed by atoms with Crippen molar-refractivity contribution in [2.24, 2.45) is 4.99 Å². The Labute approximate surface area is 108 Å². The number of aliphatic imine (C=N–C) groups is 1. The first-order valence-corrected chi connectivity index (χ1v) is 7.19. The first-order valence-electron chi connectivity index (χ1n) is 6.21. The van der Waals surface area contributed by atoms with Gasteiger partial charge in [0.05, 0.1) is 0 Å². The molecule has 0 aromatic carbocycles. The number of carbonyl (C=O) groups is 1. The highest BCUT2D eigenvalue weighted by atomic mass is 32.2. The monoisotopic (exact) mass is 257 g/mol. The Morgan fingerprint density at radius 2 is 2.35 bits per heavy atom. The molecule has 98 valence electrons. The average molecular weight is 257 g/mol. The molecule has 1 fully saturated rings. The van der Waals surface area contributed by atoms with Crippen molar-refractivity contribution in [1.82, 2.24) is 10.6 Å². The lowest BCUT2D eigenvalue weighted by Crippen LogP contribution is -2.47. The molecule has 2 N–H and O–H groups in total. The molecule has 1 rings (SSSR count). The predicted molar refractivity (Wildman–Crippen MR) is 74.5 cm³/mol. The van der Waals surface area contributed by atoms with E-state index in [0.717, 1.165) is 30.3 Å². The number of rotatable bonds is 4. The van der Waals surface area contributed by atoms with E-state index < -0.39 is 0 Å². The van der Waals surface area contributed by atoms with E-state index in [4.69, 9.17) is 0 Å². The zero-order valence-electron chi connectivity index (χ0n) is 11.2. The molecule has 17 heavy (non-hydrogen) atoms. The molecular weight excluding hydrogens is 234 g/mol. The Kier molecular flexibility index (Phi) is 5.31. The average Bonchev–Trinajstić information content (AvgIpc) is 2.24. The standard InChI is InChI=1S/C12H23N3OS/c1-5-7-13-10(16)9(2)14-11-15-12(3,4)6-8-17-11/h9H,5-8H2,1-4H3,(H,13,16)(H,14,15). The van der Waals surface area contributed by atoms with Gasteiger partial charge in [-0.1, -0.05) is 18.7 Å². The largest absolute Gasteiger partial charge is 0.360 e. The molecule has 0 aliphatic carbocycles. The van der Waals surface area contributed by atoms with Gasteiger partial charge >= 0.3 is 0 Å². The predicted octanol–water partition coefficient (Wildman–Crippen LogP) is 1.76. The van der Waals surface area contributed by atoms with Gasteiger partial charge in [0.1, 0.15) is 6.04 Å². The topological polar surface area (TPSA) is 53.5 Å². The Morgan fingerprint density at radius 3 is 2.94 bits per heavy atom. The van der Waals surface area contributed by atoms with E-state index in [9.17, 15) is 4.79 Å². The lowest BCUT2D eigenvalue weighted by Gasteiger charge is -2.32. The molecule has 0 spiro atoms. The van der Waals surface area contributed by atoms with Crippen LogP contribution in [0.1, 0.15) is 40.5 Å². The van der Waals surface area contributed by atoms with Crippen LogP contribution in [0.2, 0.25) is 0 Å². The molecule has 1 unspecified atom stereocenters. The van der Waals surface area contributed by atoms with Crippen molar-refractivity contribution in [2.45, 2.75) is 52.1 Å². The number of thioether (sulfide) groups is 1. The number of carbonyl (C=O) groups excluding carboxylic acids is 1. The van der Waals surface area contributed by atoms with E-state index in [1.165, 1.54) is 0 Å². The number of amidine groups is 1. The molecule has 1 saturated heterocycles. The quantitative estimate of drug-likeness (QED) is 0.807. The first kappa shape index (κ1) is 14.4. The Hall–Kier alpha value is -0.710. The van der Waals surface area contributed by atoms with Gasteiger partial charge < -0.3 is 10.6 Å². The maximum Gasteiger partial charge on any atom is 0.244 e. The minimum atomic E-state index is -0.314. The molecule has 1 aliphatic rings. The maximum atomic E-state index is 11.7. The van der Waals surface area contributed by atoms with Crippen LogP contribution in [0, 0.1) is 0 Å². The summed E-state index contributed by atoms with van der Waals surface area (Å²) in [5, 5.41) is 7.12. The number of hydrogen-bond acceptors (Lipinski definition) is 3. The lowest BCUT2D eigenvalue weighted by atomic mass is 10.0. The fourth-order valence-corrected chi connectivity index (χ4v) is 2.88. The fraction of sp³-hybridized carbons (Fsp3) is 0.833. The summed E-state index contributed by atoms with van der Waals surface area (Å²) in [7, 11) is 0. The highest BCUT2D eigenvalue weighted by Crippen LogP contribution is 2.21. The minimum Gasteiger partial charge on any atom is -0.360 e. The summed E-state index contributed by atoms with van der Waals surface area (Å²) in [5.74, 6) is 1.06. The summed E-state index contributed by atoms with van der Waals surface area (Å²) in [5.41, 5.74) is 0.0870. The summed E-state index contributed by atoms with van der Waals surface area (Å²) in [6.07, 6.45) is 2.07. The van der Waals surface area contributed by atoms with Gasteiger partial charge in [-0.15, -0.1) is 0 Å². The van der Waals surface area contributed by atoms with Crippen LogP contribution in [-0.2, 0) is 4.79 Å². The molecule has 0 radical (unpaired) electrons. The van der Waals surface area contributed by atoms with E-state index in [1.54, 1.807) is 11.8 Å². The normalized spacial score (nSPS) is 22.9. The number of hydrogen-bond donors (Lipinski definition) is 2. The Bertz CT molecular complexity index is 302. The van der Waals surface area contributed by atoms with Crippen LogP contribution in [-0.4, -0.2) is 35.0 Å². The molecule has 1 atom stereocenters. The maximum absolute atomic E-state index is 11.7. The third-order valence-electron chi connectivity index (χ3n) is 2.65. The summed E-state index contributed by atoms with van der Waals surface area (Å²) in [4.78, 5) is 16.1. The van der Waals surface area contributed by atoms with Crippen LogP contribution in [0.3, 0.4) is 0 Å². The molecule has 1 heterocycles. The lowest BCUT2D eigenvalue weighted by molar-refractivity contribution is -0.121. The van der Waals surface area contributed by atoms with E-state index in [0.29, 0.717) is 0 Å². The van der Waals surface area contributed by atoms with Crippen molar-refractivity contribution >= 4 is 22.8 Å². The Balaban J connectivity index is 2.53. The summed E-state index contributed by atoms with van der Waals surface area (Å²) in [6.45, 7) is 8.91. The van der Waals surface area contributed by atoms with Crippen LogP contribution in [0.25, 0.3) is 0 Å². The molecule has 0 aromatic rings. The molecule has 1 aliphatic heterocycles. The van der Waals surface area contributed by atoms with Gasteiger partial charge in [0, 0.05) is 17.8 Å². The molecular formula is C12H23N3OS. The second-order valence-corrected chi connectivity index (χ2v) is 6.09. The van der Waals surface area contributed by atoms with Crippen molar-refractivity contribution in [2.75, 3.05) is 12.3 Å². The van der Waals surface area contributed by atoms with Crippen LogP contribution in [0.5, 0.6) is 0 Å². The van der Waals surface area contributed by atoms with E-state index in [-0.39, 0.29) is 17.5 Å². The number of nitrogens with one attached hydrogen (secondary N) is 2. The zero-order valence-corrected chi connectivity index (χ0v) is 12.0. The van der Waals surface area contributed by atoms with Gasteiger partial charge in [-0.25, -0.2) is 4.99 Å². The zero-order chi connectivity index (χ0) is 12.9. The van der Waals surface area contributed by atoms with Crippen LogP contribution in [0.4, 0.5) is 0 Å².